The Bertz CT molecular complexity index is 755. The van der Waals surface area contributed by atoms with Gasteiger partial charge in [-0.2, -0.15) is 0 Å². The lowest BCUT2D eigenvalue weighted by Gasteiger charge is -2.30. The number of nitrogens with one attached hydrogen (secondary N) is 1. The summed E-state index contributed by atoms with van der Waals surface area (Å²) in [6.07, 6.45) is 8.59. The fraction of sp³-hybridized carbons (Fsp3) is 0.609. The summed E-state index contributed by atoms with van der Waals surface area (Å²) in [5.74, 6) is 0.417. The van der Waals surface area contributed by atoms with Crippen molar-refractivity contribution in [1.82, 2.24) is 10.2 Å². The summed E-state index contributed by atoms with van der Waals surface area (Å²) in [4.78, 5) is 41.2. The summed E-state index contributed by atoms with van der Waals surface area (Å²) in [7, 11) is 0. The lowest BCUT2D eigenvalue weighted by molar-refractivity contribution is -0.142. The SMILES string of the molecule is O=C(NCc1ccc(N2CCCC2=O)cc1)[C@@H]1CCCN1C(=O)C1CCCCC1. The van der Waals surface area contributed by atoms with Gasteiger partial charge in [0.05, 0.1) is 0 Å². The zero-order chi connectivity index (χ0) is 20.2. The molecule has 2 aliphatic heterocycles. The number of hydrogen-bond donors (Lipinski definition) is 1. The fourth-order valence-electron chi connectivity index (χ4n) is 4.91. The molecule has 0 spiro atoms. The molecule has 0 radical (unpaired) electrons. The van der Waals surface area contributed by atoms with E-state index < -0.39 is 0 Å². The summed E-state index contributed by atoms with van der Waals surface area (Å²) in [5.41, 5.74) is 1.92. The van der Waals surface area contributed by atoms with Crippen molar-refractivity contribution in [1.29, 1.82) is 0 Å². The summed E-state index contributed by atoms with van der Waals surface area (Å²) < 4.78 is 0. The van der Waals surface area contributed by atoms with Gasteiger partial charge in [-0.15, -0.1) is 0 Å². The van der Waals surface area contributed by atoms with E-state index in [1.807, 2.05) is 34.1 Å². The van der Waals surface area contributed by atoms with Gasteiger partial charge in [-0.1, -0.05) is 31.4 Å². The minimum absolute atomic E-state index is 0.0505. The maximum Gasteiger partial charge on any atom is 0.243 e. The number of anilines is 1. The van der Waals surface area contributed by atoms with E-state index in [1.54, 1.807) is 0 Å². The normalized spacial score (nSPS) is 22.9. The maximum absolute atomic E-state index is 12.9. The number of rotatable bonds is 5. The highest BCUT2D eigenvalue weighted by Gasteiger charge is 2.37. The van der Waals surface area contributed by atoms with Gasteiger partial charge in [-0.25, -0.2) is 0 Å². The molecule has 2 saturated heterocycles. The Labute approximate surface area is 172 Å². The number of benzene rings is 1. The van der Waals surface area contributed by atoms with Crippen LogP contribution >= 0.6 is 0 Å². The second kappa shape index (κ2) is 8.97. The van der Waals surface area contributed by atoms with Crippen LogP contribution in [0.25, 0.3) is 0 Å². The minimum atomic E-state index is -0.328. The molecular weight excluding hydrogens is 366 g/mol. The lowest BCUT2D eigenvalue weighted by Crippen LogP contribution is -2.47. The van der Waals surface area contributed by atoms with Gasteiger partial charge in [0.15, 0.2) is 0 Å². The van der Waals surface area contributed by atoms with Crippen LogP contribution in [0.15, 0.2) is 24.3 Å². The number of likely N-dealkylation sites (tertiary alicyclic amines) is 1. The van der Waals surface area contributed by atoms with Gasteiger partial charge in [-0.05, 0) is 49.8 Å². The Morgan fingerprint density at radius 2 is 1.69 bits per heavy atom. The summed E-state index contributed by atoms with van der Waals surface area (Å²) in [6.45, 7) is 1.92. The van der Waals surface area contributed by atoms with Crippen molar-refractivity contribution in [2.24, 2.45) is 5.92 Å². The van der Waals surface area contributed by atoms with E-state index in [2.05, 4.69) is 5.32 Å². The number of nitrogens with zero attached hydrogens (tertiary/aromatic N) is 2. The van der Waals surface area contributed by atoms with Gasteiger partial charge in [0.25, 0.3) is 0 Å². The van der Waals surface area contributed by atoms with Crippen molar-refractivity contribution < 1.29 is 14.4 Å². The Hall–Kier alpha value is -2.37. The molecule has 1 aromatic rings. The first-order valence-electron chi connectivity index (χ1n) is 11.1. The van der Waals surface area contributed by atoms with Crippen molar-refractivity contribution in [3.63, 3.8) is 0 Å². The molecule has 0 unspecified atom stereocenters. The molecule has 1 aliphatic carbocycles. The topological polar surface area (TPSA) is 69.7 Å². The monoisotopic (exact) mass is 397 g/mol. The van der Waals surface area contributed by atoms with Crippen LogP contribution in [0.5, 0.6) is 0 Å². The van der Waals surface area contributed by atoms with Crippen LogP contribution in [-0.4, -0.2) is 41.8 Å². The molecule has 6 heteroatoms. The first-order chi connectivity index (χ1) is 14.1. The third kappa shape index (κ3) is 4.46. The van der Waals surface area contributed by atoms with E-state index in [-0.39, 0.29) is 29.7 Å². The maximum atomic E-state index is 12.9. The van der Waals surface area contributed by atoms with E-state index in [4.69, 9.17) is 0 Å². The molecule has 0 aromatic heterocycles. The van der Waals surface area contributed by atoms with Crippen molar-refractivity contribution in [2.75, 3.05) is 18.0 Å². The second-order valence-electron chi connectivity index (χ2n) is 8.56. The Morgan fingerprint density at radius 1 is 0.931 bits per heavy atom. The Balaban J connectivity index is 1.31. The summed E-state index contributed by atoms with van der Waals surface area (Å²) >= 11 is 0. The van der Waals surface area contributed by atoms with Crippen LogP contribution in [0.2, 0.25) is 0 Å². The smallest absolute Gasteiger partial charge is 0.243 e. The van der Waals surface area contributed by atoms with E-state index in [0.29, 0.717) is 19.5 Å². The summed E-state index contributed by atoms with van der Waals surface area (Å²) in [5, 5.41) is 3.01. The Kier molecular flexibility index (Phi) is 6.16. The fourth-order valence-corrected chi connectivity index (χ4v) is 4.91. The zero-order valence-corrected chi connectivity index (χ0v) is 17.1. The molecular formula is C23H31N3O3. The molecule has 0 bridgehead atoms. The molecule has 4 rings (SSSR count). The molecule has 2 heterocycles. The minimum Gasteiger partial charge on any atom is -0.350 e. The van der Waals surface area contributed by atoms with Gasteiger partial charge >= 0.3 is 0 Å². The largest absolute Gasteiger partial charge is 0.350 e. The van der Waals surface area contributed by atoms with Crippen LogP contribution in [0.4, 0.5) is 5.69 Å². The van der Waals surface area contributed by atoms with Crippen LogP contribution in [0.1, 0.15) is 63.4 Å². The molecule has 29 heavy (non-hydrogen) atoms. The first kappa shape index (κ1) is 19.9. The van der Waals surface area contributed by atoms with E-state index >= 15 is 0 Å². The number of amides is 3. The predicted molar refractivity (Wildman–Crippen MR) is 111 cm³/mol. The van der Waals surface area contributed by atoms with Crippen LogP contribution in [0.3, 0.4) is 0 Å². The van der Waals surface area contributed by atoms with Crippen molar-refractivity contribution >= 4 is 23.4 Å². The zero-order valence-electron chi connectivity index (χ0n) is 17.1. The molecule has 156 valence electrons. The highest BCUT2D eigenvalue weighted by Crippen LogP contribution is 2.29. The highest BCUT2D eigenvalue weighted by molar-refractivity contribution is 5.95. The van der Waals surface area contributed by atoms with Gasteiger partial charge in [0.2, 0.25) is 17.7 Å². The van der Waals surface area contributed by atoms with Gasteiger partial charge in [-0.3, -0.25) is 14.4 Å². The molecule has 3 aliphatic rings. The third-order valence-corrected chi connectivity index (χ3v) is 6.58. The average Bonchev–Trinajstić information content (AvgIpc) is 3.42. The van der Waals surface area contributed by atoms with Gasteiger partial charge in [0, 0.05) is 37.7 Å². The molecule has 3 amide bonds. The van der Waals surface area contributed by atoms with Gasteiger partial charge in [0.1, 0.15) is 6.04 Å². The molecule has 3 fully saturated rings. The molecule has 1 atom stereocenters. The van der Waals surface area contributed by atoms with Crippen LogP contribution in [-0.2, 0) is 20.9 Å². The van der Waals surface area contributed by atoms with Crippen molar-refractivity contribution in [3.05, 3.63) is 29.8 Å². The number of hydrogen-bond acceptors (Lipinski definition) is 3. The van der Waals surface area contributed by atoms with Crippen LogP contribution in [0, 0.1) is 5.92 Å². The summed E-state index contributed by atoms with van der Waals surface area (Å²) in [6, 6.07) is 7.48. The highest BCUT2D eigenvalue weighted by atomic mass is 16.2. The first-order valence-corrected chi connectivity index (χ1v) is 11.1. The quantitative estimate of drug-likeness (QED) is 0.830. The molecule has 1 N–H and O–H groups in total. The van der Waals surface area contributed by atoms with E-state index in [1.165, 1.54) is 6.42 Å². The molecule has 6 nitrogen and oxygen atoms in total. The van der Waals surface area contributed by atoms with Crippen molar-refractivity contribution in [2.45, 2.75) is 70.4 Å². The van der Waals surface area contributed by atoms with Gasteiger partial charge < -0.3 is 15.1 Å². The van der Waals surface area contributed by atoms with Crippen LogP contribution < -0.4 is 10.2 Å². The predicted octanol–water partition coefficient (Wildman–Crippen LogP) is 3.00. The number of carbonyl (C=O) groups excluding carboxylic acids is 3. The second-order valence-corrected chi connectivity index (χ2v) is 8.56. The number of carbonyl (C=O) groups is 3. The Morgan fingerprint density at radius 3 is 2.38 bits per heavy atom. The third-order valence-electron chi connectivity index (χ3n) is 6.58. The van der Waals surface area contributed by atoms with E-state index in [9.17, 15) is 14.4 Å². The molecule has 1 aromatic carbocycles. The average molecular weight is 398 g/mol. The lowest BCUT2D eigenvalue weighted by atomic mass is 9.88. The molecule has 1 saturated carbocycles. The van der Waals surface area contributed by atoms with Crippen molar-refractivity contribution in [3.8, 4) is 0 Å². The standard InChI is InChI=1S/C23H31N3O3/c27-21-9-5-14-25(21)19-12-10-17(11-13-19)16-24-22(28)20-8-4-15-26(20)23(29)18-6-2-1-3-7-18/h10-13,18,20H,1-9,14-16H2,(H,24,28)/t20-/m0/s1. The van der Waals surface area contributed by atoms with E-state index in [0.717, 1.165) is 62.7 Å².